The molecule has 2 amide bonds. The molecule has 108 valence electrons. The fourth-order valence-electron chi connectivity index (χ4n) is 2.08. The average molecular weight is 279 g/mol. The second-order valence-corrected chi connectivity index (χ2v) is 5.10. The number of hydrogen-bond donors (Lipinski definition) is 2. The lowest BCUT2D eigenvalue weighted by Gasteiger charge is -2.25. The smallest absolute Gasteiger partial charge is 0.240 e. The Balaban J connectivity index is 2.05. The van der Waals surface area contributed by atoms with E-state index in [0.29, 0.717) is 6.54 Å². The lowest BCUT2D eigenvalue weighted by atomic mass is 10.1. The molecule has 0 heterocycles. The van der Waals surface area contributed by atoms with Crippen molar-refractivity contribution in [1.82, 2.24) is 4.90 Å². The molecule has 0 bridgehead atoms. The zero-order valence-electron chi connectivity index (χ0n) is 11.1. The van der Waals surface area contributed by atoms with Crippen molar-refractivity contribution in [3.63, 3.8) is 0 Å². The largest absolute Gasteiger partial charge is 0.370 e. The highest BCUT2D eigenvalue weighted by atomic mass is 19.1. The molecule has 2 rings (SSSR count). The minimum absolute atomic E-state index is 0.159. The van der Waals surface area contributed by atoms with E-state index in [1.807, 2.05) is 0 Å². The topological polar surface area (TPSA) is 89.4 Å². The number of carbonyl (C=O) groups is 2. The van der Waals surface area contributed by atoms with Crippen LogP contribution in [0.25, 0.3) is 0 Å². The highest BCUT2D eigenvalue weighted by Gasteiger charge is 2.35. The van der Waals surface area contributed by atoms with E-state index < -0.39 is 11.9 Å². The Morgan fingerprint density at radius 2 is 1.90 bits per heavy atom. The Morgan fingerprint density at radius 3 is 2.40 bits per heavy atom. The maximum atomic E-state index is 12.9. The highest BCUT2D eigenvalue weighted by Crippen LogP contribution is 2.29. The molecule has 0 spiro atoms. The minimum atomic E-state index is -0.909. The van der Waals surface area contributed by atoms with Crippen LogP contribution in [0.3, 0.4) is 0 Å². The summed E-state index contributed by atoms with van der Waals surface area (Å²) in [5.41, 5.74) is 11.6. The molecule has 1 aromatic rings. The standard InChI is InChI=1S/C14H18FN3O2/c15-10-3-1-9(2-4-10)8-18(11-5-6-11)14(20)12(16)7-13(17)19/h1-4,11-12H,5-8,16H2,(H2,17,19). The summed E-state index contributed by atoms with van der Waals surface area (Å²) in [5.74, 6) is -1.19. The van der Waals surface area contributed by atoms with Crippen LogP contribution in [-0.4, -0.2) is 28.8 Å². The number of rotatable bonds is 6. The maximum absolute atomic E-state index is 12.9. The lowest BCUT2D eigenvalue weighted by Crippen LogP contribution is -2.46. The summed E-state index contributed by atoms with van der Waals surface area (Å²) in [6, 6.07) is 5.23. The summed E-state index contributed by atoms with van der Waals surface area (Å²) in [5, 5.41) is 0. The predicted octanol–water partition coefficient (Wildman–Crippen LogP) is 0.519. The lowest BCUT2D eigenvalue weighted by molar-refractivity contribution is -0.135. The van der Waals surface area contributed by atoms with Crippen LogP contribution < -0.4 is 11.5 Å². The third-order valence-corrected chi connectivity index (χ3v) is 3.28. The summed E-state index contributed by atoms with van der Waals surface area (Å²) >= 11 is 0. The van der Waals surface area contributed by atoms with Crippen LogP contribution in [-0.2, 0) is 16.1 Å². The van der Waals surface area contributed by atoms with Crippen molar-refractivity contribution >= 4 is 11.8 Å². The van der Waals surface area contributed by atoms with Crippen molar-refractivity contribution in [1.29, 1.82) is 0 Å². The summed E-state index contributed by atoms with van der Waals surface area (Å²) in [6.07, 6.45) is 1.69. The predicted molar refractivity (Wildman–Crippen MR) is 71.8 cm³/mol. The van der Waals surface area contributed by atoms with Gasteiger partial charge in [-0.3, -0.25) is 9.59 Å². The molecule has 6 heteroatoms. The third kappa shape index (κ3) is 3.77. The Labute approximate surface area is 116 Å². The summed E-state index contributed by atoms with van der Waals surface area (Å²) in [6.45, 7) is 0.371. The van der Waals surface area contributed by atoms with E-state index >= 15 is 0 Å². The molecule has 1 saturated carbocycles. The third-order valence-electron chi connectivity index (χ3n) is 3.28. The van der Waals surface area contributed by atoms with Crippen LogP contribution >= 0.6 is 0 Å². The highest BCUT2D eigenvalue weighted by molar-refractivity contribution is 5.87. The van der Waals surface area contributed by atoms with Gasteiger partial charge in [-0.25, -0.2) is 4.39 Å². The maximum Gasteiger partial charge on any atom is 0.240 e. The molecule has 1 aromatic carbocycles. The van der Waals surface area contributed by atoms with Crippen molar-refractivity contribution in [2.45, 2.75) is 37.9 Å². The second-order valence-electron chi connectivity index (χ2n) is 5.10. The molecule has 1 aliphatic rings. The zero-order valence-corrected chi connectivity index (χ0v) is 11.1. The van der Waals surface area contributed by atoms with E-state index in [9.17, 15) is 14.0 Å². The molecular weight excluding hydrogens is 261 g/mol. The van der Waals surface area contributed by atoms with Gasteiger partial charge in [0, 0.05) is 12.6 Å². The van der Waals surface area contributed by atoms with Crippen LogP contribution in [0.5, 0.6) is 0 Å². The van der Waals surface area contributed by atoms with Crippen molar-refractivity contribution in [2.75, 3.05) is 0 Å². The first-order valence-corrected chi connectivity index (χ1v) is 6.56. The number of primary amides is 1. The van der Waals surface area contributed by atoms with E-state index in [-0.39, 0.29) is 24.2 Å². The number of amides is 2. The molecule has 1 unspecified atom stereocenters. The van der Waals surface area contributed by atoms with Gasteiger partial charge >= 0.3 is 0 Å². The number of nitrogens with two attached hydrogens (primary N) is 2. The summed E-state index contributed by atoms with van der Waals surface area (Å²) < 4.78 is 12.9. The number of halogens is 1. The summed E-state index contributed by atoms with van der Waals surface area (Å²) in [4.78, 5) is 24.8. The number of hydrogen-bond acceptors (Lipinski definition) is 3. The minimum Gasteiger partial charge on any atom is -0.370 e. The first-order chi connectivity index (χ1) is 9.47. The zero-order chi connectivity index (χ0) is 14.7. The Kier molecular flexibility index (Phi) is 4.34. The van der Waals surface area contributed by atoms with E-state index in [4.69, 9.17) is 11.5 Å². The molecule has 20 heavy (non-hydrogen) atoms. The van der Waals surface area contributed by atoms with Crippen LogP contribution in [0.1, 0.15) is 24.8 Å². The van der Waals surface area contributed by atoms with Gasteiger partial charge in [0.05, 0.1) is 12.5 Å². The molecule has 1 fully saturated rings. The van der Waals surface area contributed by atoms with E-state index in [2.05, 4.69) is 0 Å². The van der Waals surface area contributed by atoms with E-state index in [1.165, 1.54) is 12.1 Å². The van der Waals surface area contributed by atoms with Gasteiger partial charge in [-0.2, -0.15) is 0 Å². The van der Waals surface area contributed by atoms with Gasteiger partial charge in [-0.15, -0.1) is 0 Å². The van der Waals surface area contributed by atoms with Crippen LogP contribution in [0, 0.1) is 5.82 Å². The van der Waals surface area contributed by atoms with Gasteiger partial charge in [0.1, 0.15) is 5.82 Å². The molecule has 1 atom stereocenters. The molecule has 0 aromatic heterocycles. The van der Waals surface area contributed by atoms with Gasteiger partial charge in [0.2, 0.25) is 11.8 Å². The van der Waals surface area contributed by atoms with E-state index in [1.54, 1.807) is 17.0 Å². The van der Waals surface area contributed by atoms with Gasteiger partial charge in [0.15, 0.2) is 0 Å². The molecule has 0 saturated heterocycles. The quantitative estimate of drug-likeness (QED) is 0.795. The van der Waals surface area contributed by atoms with Crippen LogP contribution in [0.15, 0.2) is 24.3 Å². The van der Waals surface area contributed by atoms with Gasteiger partial charge in [0.25, 0.3) is 0 Å². The fraction of sp³-hybridized carbons (Fsp3) is 0.429. The molecule has 5 nitrogen and oxygen atoms in total. The van der Waals surface area contributed by atoms with Crippen molar-refractivity contribution in [3.05, 3.63) is 35.6 Å². The molecule has 1 aliphatic carbocycles. The van der Waals surface area contributed by atoms with Crippen LogP contribution in [0.2, 0.25) is 0 Å². The Bertz CT molecular complexity index is 500. The Morgan fingerprint density at radius 1 is 1.30 bits per heavy atom. The van der Waals surface area contributed by atoms with E-state index in [0.717, 1.165) is 18.4 Å². The molecule has 0 radical (unpaired) electrons. The van der Waals surface area contributed by atoms with Crippen molar-refractivity contribution in [3.8, 4) is 0 Å². The fourth-order valence-corrected chi connectivity index (χ4v) is 2.08. The molecule has 0 aliphatic heterocycles. The normalized spacial score (nSPS) is 15.7. The SMILES string of the molecule is NC(=O)CC(N)C(=O)N(Cc1ccc(F)cc1)C1CC1. The number of benzene rings is 1. The first kappa shape index (κ1) is 14.5. The number of carbonyl (C=O) groups excluding carboxylic acids is 2. The first-order valence-electron chi connectivity index (χ1n) is 6.56. The summed E-state index contributed by atoms with van der Waals surface area (Å²) in [7, 11) is 0. The van der Waals surface area contributed by atoms with Crippen molar-refractivity contribution < 1.29 is 14.0 Å². The monoisotopic (exact) mass is 279 g/mol. The average Bonchev–Trinajstić information content (AvgIpc) is 3.21. The van der Waals surface area contributed by atoms with Gasteiger partial charge < -0.3 is 16.4 Å². The van der Waals surface area contributed by atoms with Gasteiger partial charge in [-0.05, 0) is 30.5 Å². The Hall–Kier alpha value is -1.95. The molecular formula is C14H18FN3O2. The van der Waals surface area contributed by atoms with Crippen molar-refractivity contribution in [2.24, 2.45) is 11.5 Å². The van der Waals surface area contributed by atoms with Crippen LogP contribution in [0.4, 0.5) is 4.39 Å². The van der Waals surface area contributed by atoms with Gasteiger partial charge in [-0.1, -0.05) is 12.1 Å². The molecule has 4 N–H and O–H groups in total. The number of nitrogens with zero attached hydrogens (tertiary/aromatic N) is 1. The second kappa shape index (κ2) is 6.00.